The lowest BCUT2D eigenvalue weighted by Crippen LogP contribution is -3.15. The molecule has 4 aromatic rings. The number of carbonyl (C=O) groups is 1. The fourth-order valence-electron chi connectivity index (χ4n) is 4.70. The first-order valence-corrected chi connectivity index (χ1v) is 10.7. The van der Waals surface area contributed by atoms with Crippen molar-refractivity contribution >= 4 is 22.4 Å². The molecule has 1 aromatic heterocycles. The molecule has 1 atom stereocenters. The van der Waals surface area contributed by atoms with Gasteiger partial charge in [-0.1, -0.05) is 60.7 Å². The SMILES string of the molecule is O=C(c1c[nH]c2ccccc12)[C@@H](c1ccccc1)[NH+]1CCN(c2ccccc2O)CC1. The van der Waals surface area contributed by atoms with Gasteiger partial charge in [0.1, 0.15) is 5.75 Å². The Morgan fingerprint density at radius 3 is 2.35 bits per heavy atom. The monoisotopic (exact) mass is 412 g/mol. The summed E-state index contributed by atoms with van der Waals surface area (Å²) in [6.07, 6.45) is 1.85. The number of benzene rings is 3. The predicted molar refractivity (Wildman–Crippen MR) is 123 cm³/mol. The van der Waals surface area contributed by atoms with E-state index in [1.165, 1.54) is 4.90 Å². The molecule has 0 bridgehead atoms. The molecule has 0 aliphatic carbocycles. The summed E-state index contributed by atoms with van der Waals surface area (Å²) in [6, 6.07) is 25.3. The van der Waals surface area contributed by atoms with Crippen LogP contribution in [0.3, 0.4) is 0 Å². The van der Waals surface area contributed by atoms with E-state index >= 15 is 0 Å². The van der Waals surface area contributed by atoms with Gasteiger partial charge in [-0.25, -0.2) is 0 Å². The van der Waals surface area contributed by atoms with E-state index in [-0.39, 0.29) is 11.8 Å². The number of anilines is 1. The van der Waals surface area contributed by atoms with Crippen LogP contribution < -0.4 is 9.80 Å². The number of Topliss-reactive ketones (excluding diaryl/α,β-unsaturated/α-hetero) is 1. The summed E-state index contributed by atoms with van der Waals surface area (Å²) in [7, 11) is 0. The van der Waals surface area contributed by atoms with Gasteiger partial charge in [0.05, 0.1) is 31.9 Å². The maximum Gasteiger partial charge on any atom is 0.226 e. The Hall–Kier alpha value is -3.57. The number of aromatic nitrogens is 1. The molecule has 0 saturated carbocycles. The first-order chi connectivity index (χ1) is 15.2. The van der Waals surface area contributed by atoms with Crippen LogP contribution in [0.25, 0.3) is 10.9 Å². The van der Waals surface area contributed by atoms with Crippen molar-refractivity contribution in [1.29, 1.82) is 0 Å². The first kappa shape index (κ1) is 19.4. The number of ketones is 1. The summed E-state index contributed by atoms with van der Waals surface area (Å²) >= 11 is 0. The number of piperazine rings is 1. The van der Waals surface area contributed by atoms with E-state index < -0.39 is 0 Å². The number of quaternary nitrogens is 1. The number of aromatic hydroxyl groups is 1. The van der Waals surface area contributed by atoms with Gasteiger partial charge in [-0.3, -0.25) is 4.79 Å². The highest BCUT2D eigenvalue weighted by molar-refractivity contribution is 6.10. The Balaban J connectivity index is 1.44. The quantitative estimate of drug-likeness (QED) is 0.441. The number of nitrogens with one attached hydrogen (secondary N) is 2. The van der Waals surface area contributed by atoms with Gasteiger partial charge in [-0.2, -0.15) is 0 Å². The van der Waals surface area contributed by atoms with Crippen molar-refractivity contribution in [2.45, 2.75) is 6.04 Å². The fraction of sp³-hybridized carbons (Fsp3) is 0.192. The summed E-state index contributed by atoms with van der Waals surface area (Å²) < 4.78 is 0. The highest BCUT2D eigenvalue weighted by Gasteiger charge is 2.36. The Morgan fingerprint density at radius 2 is 1.58 bits per heavy atom. The normalized spacial score (nSPS) is 15.8. The van der Waals surface area contributed by atoms with E-state index in [0.717, 1.165) is 53.9 Å². The van der Waals surface area contributed by atoms with Gasteiger partial charge in [0, 0.05) is 28.2 Å². The molecule has 1 aliphatic rings. The number of rotatable bonds is 5. The van der Waals surface area contributed by atoms with Crippen LogP contribution in [0.15, 0.2) is 85.1 Å². The maximum atomic E-state index is 13.8. The van der Waals surface area contributed by atoms with Crippen LogP contribution in [0, 0.1) is 0 Å². The van der Waals surface area contributed by atoms with Crippen molar-refractivity contribution < 1.29 is 14.8 Å². The van der Waals surface area contributed by atoms with E-state index in [9.17, 15) is 9.90 Å². The molecule has 0 amide bonds. The molecule has 2 heterocycles. The molecule has 1 saturated heterocycles. The summed E-state index contributed by atoms with van der Waals surface area (Å²) in [6.45, 7) is 3.22. The molecule has 156 valence electrons. The second kappa shape index (κ2) is 8.28. The highest BCUT2D eigenvalue weighted by Crippen LogP contribution is 2.27. The third kappa shape index (κ3) is 3.68. The number of carbonyl (C=O) groups excluding carboxylic acids is 1. The van der Waals surface area contributed by atoms with E-state index in [1.54, 1.807) is 6.07 Å². The van der Waals surface area contributed by atoms with Crippen LogP contribution in [0.4, 0.5) is 5.69 Å². The number of hydrogen-bond acceptors (Lipinski definition) is 3. The van der Waals surface area contributed by atoms with Crippen LogP contribution in [-0.2, 0) is 0 Å². The standard InChI is InChI=1S/C26H25N3O2/c30-24-13-7-6-12-23(24)28-14-16-29(17-15-28)25(19-8-2-1-3-9-19)26(31)21-18-27-22-11-5-4-10-20(21)22/h1-13,18,25,27,30H,14-17H2/p+1/t25-/m1/s1. The Morgan fingerprint density at radius 1 is 0.903 bits per heavy atom. The minimum absolute atomic E-state index is 0.148. The molecule has 5 rings (SSSR count). The number of phenolic OH excluding ortho intramolecular Hbond substituents is 1. The summed E-state index contributed by atoms with van der Waals surface area (Å²) in [5, 5.41) is 11.2. The maximum absolute atomic E-state index is 13.8. The Bertz CT molecular complexity index is 1190. The van der Waals surface area contributed by atoms with Gasteiger partial charge in [-0.15, -0.1) is 0 Å². The lowest BCUT2D eigenvalue weighted by Gasteiger charge is -2.37. The summed E-state index contributed by atoms with van der Waals surface area (Å²) in [5.74, 6) is 0.454. The van der Waals surface area contributed by atoms with Crippen LogP contribution in [0.1, 0.15) is 22.0 Å². The lowest BCUT2D eigenvalue weighted by atomic mass is 9.95. The second-order valence-electron chi connectivity index (χ2n) is 8.09. The van der Waals surface area contributed by atoms with Gasteiger partial charge < -0.3 is 19.9 Å². The zero-order valence-electron chi connectivity index (χ0n) is 17.3. The molecule has 31 heavy (non-hydrogen) atoms. The van der Waals surface area contributed by atoms with E-state index in [0.29, 0.717) is 5.75 Å². The molecule has 0 radical (unpaired) electrons. The van der Waals surface area contributed by atoms with Gasteiger partial charge in [0.25, 0.3) is 0 Å². The zero-order chi connectivity index (χ0) is 21.2. The largest absolute Gasteiger partial charge is 0.506 e. The fourth-order valence-corrected chi connectivity index (χ4v) is 4.70. The molecule has 0 unspecified atom stereocenters. The first-order valence-electron chi connectivity index (χ1n) is 10.7. The molecule has 3 aromatic carbocycles. The Kier molecular flexibility index (Phi) is 5.18. The minimum Gasteiger partial charge on any atom is -0.506 e. The second-order valence-corrected chi connectivity index (χ2v) is 8.09. The molecule has 1 aliphatic heterocycles. The van der Waals surface area contributed by atoms with Crippen molar-refractivity contribution in [3.63, 3.8) is 0 Å². The molecule has 3 N–H and O–H groups in total. The number of H-pyrrole nitrogens is 1. The van der Waals surface area contributed by atoms with Gasteiger partial charge in [-0.05, 0) is 18.2 Å². The van der Waals surface area contributed by atoms with Crippen LogP contribution in [0.2, 0.25) is 0 Å². The van der Waals surface area contributed by atoms with Crippen LogP contribution in [-0.4, -0.2) is 42.1 Å². The number of para-hydroxylation sites is 3. The zero-order valence-corrected chi connectivity index (χ0v) is 17.3. The van der Waals surface area contributed by atoms with E-state index in [1.807, 2.05) is 66.9 Å². The predicted octanol–water partition coefficient (Wildman–Crippen LogP) is 3.20. The topological polar surface area (TPSA) is 60.8 Å². The van der Waals surface area contributed by atoms with Crippen molar-refractivity contribution in [2.75, 3.05) is 31.1 Å². The smallest absolute Gasteiger partial charge is 0.226 e. The third-order valence-electron chi connectivity index (χ3n) is 6.29. The van der Waals surface area contributed by atoms with Crippen molar-refractivity contribution in [3.8, 4) is 5.75 Å². The molecular weight excluding hydrogens is 386 g/mol. The van der Waals surface area contributed by atoms with Gasteiger partial charge in [0.15, 0.2) is 6.04 Å². The number of aromatic amines is 1. The number of phenols is 1. The molecule has 5 nitrogen and oxygen atoms in total. The molecule has 5 heteroatoms. The Labute approximate surface area is 181 Å². The summed E-state index contributed by atoms with van der Waals surface area (Å²) in [4.78, 5) is 20.5. The number of fused-ring (bicyclic) bond motifs is 1. The van der Waals surface area contributed by atoms with Crippen LogP contribution in [0.5, 0.6) is 5.75 Å². The van der Waals surface area contributed by atoms with Crippen molar-refractivity contribution in [1.82, 2.24) is 4.98 Å². The van der Waals surface area contributed by atoms with Gasteiger partial charge >= 0.3 is 0 Å². The lowest BCUT2D eigenvalue weighted by molar-refractivity contribution is -0.921. The van der Waals surface area contributed by atoms with Crippen molar-refractivity contribution in [3.05, 3.63) is 96.2 Å². The van der Waals surface area contributed by atoms with Gasteiger partial charge in [0.2, 0.25) is 5.78 Å². The average molecular weight is 413 g/mol. The number of hydrogen-bond donors (Lipinski definition) is 3. The van der Waals surface area contributed by atoms with Crippen LogP contribution >= 0.6 is 0 Å². The molecule has 1 fully saturated rings. The third-order valence-corrected chi connectivity index (χ3v) is 6.29. The average Bonchev–Trinajstić information content (AvgIpc) is 3.25. The van der Waals surface area contributed by atoms with Crippen molar-refractivity contribution in [2.24, 2.45) is 0 Å². The van der Waals surface area contributed by atoms with E-state index in [4.69, 9.17) is 0 Å². The minimum atomic E-state index is -0.257. The van der Waals surface area contributed by atoms with E-state index in [2.05, 4.69) is 22.0 Å². The molecular formula is C26H26N3O2+. The molecule has 0 spiro atoms. The highest BCUT2D eigenvalue weighted by atomic mass is 16.3. The summed E-state index contributed by atoms with van der Waals surface area (Å²) in [5.41, 5.74) is 3.64. The number of nitrogens with zero attached hydrogens (tertiary/aromatic N) is 1.